The average molecular weight is 254 g/mol. The molecule has 0 saturated carbocycles. The lowest BCUT2D eigenvalue weighted by molar-refractivity contribution is -0.141. The average Bonchev–Trinajstić information content (AvgIpc) is 2.65. The fourth-order valence-corrected chi connectivity index (χ4v) is 2.17. The number of rotatable bonds is 2. The first-order chi connectivity index (χ1) is 8.00. The quantitative estimate of drug-likeness (QED) is 0.878. The van der Waals surface area contributed by atoms with Crippen LogP contribution in [0.25, 0.3) is 0 Å². The molecule has 1 saturated heterocycles. The zero-order chi connectivity index (χ0) is 12.6. The number of amides is 1. The van der Waals surface area contributed by atoms with Gasteiger partial charge in [-0.15, -0.1) is 0 Å². The summed E-state index contributed by atoms with van der Waals surface area (Å²) in [6.07, 6.45) is 0.0413. The highest BCUT2D eigenvalue weighted by atomic mass is 35.5. The maximum Gasteiger partial charge on any atom is 0.308 e. The Hall–Kier alpha value is -1.55. The minimum Gasteiger partial charge on any atom is -0.481 e. The molecular weight excluding hydrogens is 242 g/mol. The lowest BCUT2D eigenvalue weighted by Gasteiger charge is -2.18. The lowest BCUT2D eigenvalue weighted by Crippen LogP contribution is -2.26. The van der Waals surface area contributed by atoms with Gasteiger partial charge in [-0.05, 0) is 18.6 Å². The summed E-state index contributed by atoms with van der Waals surface area (Å²) in [6, 6.07) is 5.39. The van der Waals surface area contributed by atoms with Gasteiger partial charge in [0.1, 0.15) is 0 Å². The van der Waals surface area contributed by atoms with Crippen LogP contribution in [0.3, 0.4) is 0 Å². The maximum atomic E-state index is 11.8. The van der Waals surface area contributed by atoms with Gasteiger partial charge in [-0.3, -0.25) is 9.59 Å². The van der Waals surface area contributed by atoms with E-state index in [1.54, 1.807) is 12.1 Å². The number of hydrogen-bond acceptors (Lipinski definition) is 2. The third kappa shape index (κ3) is 2.13. The zero-order valence-electron chi connectivity index (χ0n) is 9.31. The molecule has 1 amide bonds. The minimum absolute atomic E-state index is 0.0413. The number of nitrogens with zero attached hydrogens (tertiary/aromatic N) is 1. The van der Waals surface area contributed by atoms with Gasteiger partial charge in [0.05, 0.1) is 16.6 Å². The normalized spacial score (nSPS) is 19.8. The number of aliphatic carboxylic acids is 1. The molecule has 1 unspecified atom stereocenters. The highest BCUT2D eigenvalue weighted by molar-refractivity contribution is 6.34. The van der Waals surface area contributed by atoms with Crippen LogP contribution in [-0.2, 0) is 9.59 Å². The third-order valence-electron chi connectivity index (χ3n) is 2.94. The molecule has 1 aromatic rings. The molecule has 4 nitrogen and oxygen atoms in total. The number of carbonyl (C=O) groups excluding carboxylic acids is 1. The largest absolute Gasteiger partial charge is 0.481 e. The van der Waals surface area contributed by atoms with Crippen LogP contribution in [0, 0.1) is 12.8 Å². The SMILES string of the molecule is Cc1cccc(N2CC(C(=O)O)CC2=O)c1Cl. The summed E-state index contributed by atoms with van der Waals surface area (Å²) in [5, 5.41) is 9.41. The molecule has 90 valence electrons. The molecule has 1 N–H and O–H groups in total. The number of carboxylic acids is 1. The zero-order valence-corrected chi connectivity index (χ0v) is 10.1. The van der Waals surface area contributed by atoms with Crippen molar-refractivity contribution in [3.05, 3.63) is 28.8 Å². The molecule has 0 bridgehead atoms. The van der Waals surface area contributed by atoms with Crippen LogP contribution in [0.2, 0.25) is 5.02 Å². The summed E-state index contributed by atoms with van der Waals surface area (Å²) >= 11 is 6.12. The van der Waals surface area contributed by atoms with Gasteiger partial charge in [0.2, 0.25) is 5.91 Å². The molecule has 1 aliphatic heterocycles. The number of halogens is 1. The van der Waals surface area contributed by atoms with E-state index in [0.29, 0.717) is 10.7 Å². The molecule has 1 atom stereocenters. The highest BCUT2D eigenvalue weighted by Crippen LogP contribution is 2.33. The van der Waals surface area contributed by atoms with Crippen molar-refractivity contribution in [2.24, 2.45) is 5.92 Å². The third-order valence-corrected chi connectivity index (χ3v) is 3.43. The Balaban J connectivity index is 2.32. The van der Waals surface area contributed by atoms with Crippen molar-refractivity contribution in [2.45, 2.75) is 13.3 Å². The Labute approximate surface area is 104 Å². The molecule has 1 heterocycles. The van der Waals surface area contributed by atoms with Crippen LogP contribution < -0.4 is 4.90 Å². The van der Waals surface area contributed by atoms with E-state index in [-0.39, 0.29) is 18.9 Å². The van der Waals surface area contributed by atoms with Crippen molar-refractivity contribution in [1.29, 1.82) is 0 Å². The van der Waals surface area contributed by atoms with E-state index < -0.39 is 11.9 Å². The monoisotopic (exact) mass is 253 g/mol. The predicted octanol–water partition coefficient (Wildman–Crippen LogP) is 2.09. The summed E-state index contributed by atoms with van der Waals surface area (Å²) in [6.45, 7) is 2.04. The number of benzene rings is 1. The molecular formula is C12H12ClNO3. The number of carbonyl (C=O) groups is 2. The summed E-state index contributed by atoms with van der Waals surface area (Å²) < 4.78 is 0. The molecule has 2 rings (SSSR count). The number of hydrogen-bond donors (Lipinski definition) is 1. The summed E-state index contributed by atoms with van der Waals surface area (Å²) in [5.41, 5.74) is 1.47. The number of aryl methyl sites for hydroxylation is 1. The highest BCUT2D eigenvalue weighted by Gasteiger charge is 2.35. The first kappa shape index (κ1) is 11.9. The van der Waals surface area contributed by atoms with Crippen molar-refractivity contribution in [2.75, 3.05) is 11.4 Å². The number of anilines is 1. The van der Waals surface area contributed by atoms with Crippen LogP contribution in [0.4, 0.5) is 5.69 Å². The summed E-state index contributed by atoms with van der Waals surface area (Å²) in [7, 11) is 0. The Bertz CT molecular complexity index is 487. The second-order valence-corrected chi connectivity index (χ2v) is 4.53. The standard InChI is InChI=1S/C12H12ClNO3/c1-7-3-2-4-9(11(7)13)14-6-8(12(16)17)5-10(14)15/h2-4,8H,5-6H2,1H3,(H,16,17). The van der Waals surface area contributed by atoms with E-state index in [1.165, 1.54) is 4.90 Å². The fraction of sp³-hybridized carbons (Fsp3) is 0.333. The number of carboxylic acid groups (broad SMARTS) is 1. The second-order valence-electron chi connectivity index (χ2n) is 4.15. The van der Waals surface area contributed by atoms with Gasteiger partial charge >= 0.3 is 5.97 Å². The van der Waals surface area contributed by atoms with Crippen LogP contribution in [0.1, 0.15) is 12.0 Å². The molecule has 0 radical (unpaired) electrons. The first-order valence-corrected chi connectivity index (χ1v) is 5.66. The fourth-order valence-electron chi connectivity index (χ4n) is 1.95. The van der Waals surface area contributed by atoms with Crippen molar-refractivity contribution in [1.82, 2.24) is 0 Å². The molecule has 5 heteroatoms. The van der Waals surface area contributed by atoms with Gasteiger partial charge in [0, 0.05) is 13.0 Å². The smallest absolute Gasteiger partial charge is 0.308 e. The van der Waals surface area contributed by atoms with E-state index in [0.717, 1.165) is 5.56 Å². The van der Waals surface area contributed by atoms with E-state index >= 15 is 0 Å². The van der Waals surface area contributed by atoms with E-state index in [4.69, 9.17) is 16.7 Å². The summed E-state index contributed by atoms with van der Waals surface area (Å²) in [5.74, 6) is -1.77. The molecule has 0 aromatic heterocycles. The van der Waals surface area contributed by atoms with Crippen molar-refractivity contribution in [3.8, 4) is 0 Å². The maximum absolute atomic E-state index is 11.8. The van der Waals surface area contributed by atoms with Crippen molar-refractivity contribution >= 4 is 29.2 Å². The Morgan fingerprint density at radius 2 is 2.24 bits per heavy atom. The Kier molecular flexibility index (Phi) is 3.07. The Morgan fingerprint density at radius 3 is 2.82 bits per heavy atom. The van der Waals surface area contributed by atoms with Gasteiger partial charge in [-0.1, -0.05) is 23.7 Å². The van der Waals surface area contributed by atoms with Gasteiger partial charge in [0.25, 0.3) is 0 Å². The topological polar surface area (TPSA) is 57.6 Å². The minimum atomic E-state index is -0.940. The van der Waals surface area contributed by atoms with Gasteiger partial charge in [-0.25, -0.2) is 0 Å². The van der Waals surface area contributed by atoms with Crippen LogP contribution in [0.5, 0.6) is 0 Å². The molecule has 17 heavy (non-hydrogen) atoms. The molecule has 1 aromatic carbocycles. The van der Waals surface area contributed by atoms with Crippen LogP contribution in [0.15, 0.2) is 18.2 Å². The molecule has 1 fully saturated rings. The second kappa shape index (κ2) is 4.37. The van der Waals surface area contributed by atoms with Crippen molar-refractivity contribution in [3.63, 3.8) is 0 Å². The molecule has 0 aliphatic carbocycles. The lowest BCUT2D eigenvalue weighted by atomic mass is 10.1. The van der Waals surface area contributed by atoms with Gasteiger partial charge < -0.3 is 10.0 Å². The predicted molar refractivity (Wildman–Crippen MR) is 64.3 cm³/mol. The van der Waals surface area contributed by atoms with E-state index in [2.05, 4.69) is 0 Å². The molecule has 0 spiro atoms. The van der Waals surface area contributed by atoms with E-state index in [9.17, 15) is 9.59 Å². The Morgan fingerprint density at radius 1 is 1.53 bits per heavy atom. The van der Waals surface area contributed by atoms with E-state index in [1.807, 2.05) is 13.0 Å². The molecule has 1 aliphatic rings. The van der Waals surface area contributed by atoms with Gasteiger partial charge in [0.15, 0.2) is 0 Å². The van der Waals surface area contributed by atoms with Gasteiger partial charge in [-0.2, -0.15) is 0 Å². The van der Waals surface area contributed by atoms with Crippen LogP contribution >= 0.6 is 11.6 Å². The first-order valence-electron chi connectivity index (χ1n) is 5.29. The van der Waals surface area contributed by atoms with Crippen molar-refractivity contribution < 1.29 is 14.7 Å². The van der Waals surface area contributed by atoms with Crippen LogP contribution in [-0.4, -0.2) is 23.5 Å². The summed E-state index contributed by atoms with van der Waals surface area (Å²) in [4.78, 5) is 24.1.